The summed E-state index contributed by atoms with van der Waals surface area (Å²) in [5.74, 6) is 0.203. The monoisotopic (exact) mass is 483 g/mol. The minimum atomic E-state index is -3.00. The van der Waals surface area contributed by atoms with Gasteiger partial charge in [-0.15, -0.1) is 0 Å². The minimum absolute atomic E-state index is 0.0567. The van der Waals surface area contributed by atoms with Gasteiger partial charge in [0.05, 0.1) is 11.5 Å². The summed E-state index contributed by atoms with van der Waals surface area (Å²) in [6.07, 6.45) is 0. The van der Waals surface area contributed by atoms with Gasteiger partial charge in [-0.3, -0.25) is 14.7 Å². The largest absolute Gasteiger partial charge is 0.450 e. The third-order valence-corrected chi connectivity index (χ3v) is 8.46. The lowest BCUT2D eigenvalue weighted by molar-refractivity contribution is -0.385. The molecule has 176 valence electrons. The maximum atomic E-state index is 13.2. The van der Waals surface area contributed by atoms with Crippen LogP contribution in [0.15, 0.2) is 60.7 Å². The normalized spacial score (nSPS) is 15.8. The topological polar surface area (TPSA) is 84.7 Å². The third kappa shape index (κ3) is 4.74. The van der Waals surface area contributed by atoms with E-state index in [4.69, 9.17) is 9.26 Å². The Morgan fingerprint density at radius 1 is 1.00 bits per heavy atom. The molecule has 2 heterocycles. The van der Waals surface area contributed by atoms with Crippen LogP contribution >= 0.6 is 7.67 Å². The van der Waals surface area contributed by atoms with Crippen LogP contribution in [0.5, 0.6) is 11.5 Å². The van der Waals surface area contributed by atoms with Crippen molar-refractivity contribution in [3.63, 3.8) is 0 Å². The van der Waals surface area contributed by atoms with Crippen LogP contribution in [-0.4, -0.2) is 40.4 Å². The molecule has 0 atom stereocenters. The van der Waals surface area contributed by atoms with Crippen LogP contribution in [0.3, 0.4) is 0 Å². The van der Waals surface area contributed by atoms with Gasteiger partial charge in [0.25, 0.3) is 0 Å². The lowest BCUT2D eigenvalue weighted by atomic mass is 10.0. The highest BCUT2D eigenvalue weighted by molar-refractivity contribution is 7.54. The summed E-state index contributed by atoms with van der Waals surface area (Å²) in [6.45, 7) is 4.93. The van der Waals surface area contributed by atoms with E-state index < -0.39 is 12.6 Å². The quantitative estimate of drug-likeness (QED) is 0.166. The Bertz CT molecular complexity index is 1280. The Kier molecular flexibility index (Phi) is 5.95. The van der Waals surface area contributed by atoms with Crippen molar-refractivity contribution in [3.05, 3.63) is 87.7 Å². The third-order valence-electron chi connectivity index (χ3n) is 5.76. The molecule has 3 aromatic rings. The van der Waals surface area contributed by atoms with Gasteiger partial charge in [0, 0.05) is 32.2 Å². The van der Waals surface area contributed by atoms with Gasteiger partial charge in [0.1, 0.15) is 11.6 Å². The van der Waals surface area contributed by atoms with E-state index >= 15 is 0 Å². The van der Waals surface area contributed by atoms with Crippen molar-refractivity contribution in [2.24, 2.45) is 0 Å². The van der Waals surface area contributed by atoms with Crippen LogP contribution in [0, 0.1) is 22.9 Å². The molecule has 0 N–H and O–H groups in total. The number of nitrogens with zero attached hydrogens (tertiary/aromatic N) is 3. The van der Waals surface area contributed by atoms with Crippen LogP contribution < -0.4 is 4.74 Å². The van der Waals surface area contributed by atoms with Crippen molar-refractivity contribution in [1.82, 2.24) is 9.34 Å². The first-order valence-corrected chi connectivity index (χ1v) is 12.4. The van der Waals surface area contributed by atoms with Crippen molar-refractivity contribution in [2.45, 2.75) is 13.5 Å². The van der Waals surface area contributed by atoms with Crippen LogP contribution in [0.4, 0.5) is 10.1 Å². The summed E-state index contributed by atoms with van der Waals surface area (Å²) >= 11 is 0. The second kappa shape index (κ2) is 8.92. The molecule has 0 aliphatic carbocycles. The lowest BCUT2D eigenvalue weighted by Gasteiger charge is -2.19. The predicted molar refractivity (Wildman–Crippen MR) is 125 cm³/mol. The molecule has 0 bridgehead atoms. The fraction of sp³-hybridized carbons (Fsp3) is 0.250. The first-order chi connectivity index (χ1) is 16.3. The summed E-state index contributed by atoms with van der Waals surface area (Å²) in [4.78, 5) is 11.1. The van der Waals surface area contributed by atoms with E-state index in [1.165, 1.54) is 18.2 Å². The highest BCUT2D eigenvalue weighted by Gasteiger charge is 2.49. The average Bonchev–Trinajstić information content (AvgIpc) is 3.71. The number of nitro groups is 1. The number of hydrogen-bond donors (Lipinski definition) is 0. The predicted octanol–water partition coefficient (Wildman–Crippen LogP) is 5.76. The maximum Gasteiger partial charge on any atom is 0.346 e. The molecule has 5 rings (SSSR count). The summed E-state index contributed by atoms with van der Waals surface area (Å²) in [5, 5.41) is 11.6. The van der Waals surface area contributed by atoms with E-state index in [9.17, 15) is 19.1 Å². The van der Waals surface area contributed by atoms with E-state index in [2.05, 4.69) is 0 Å². The summed E-state index contributed by atoms with van der Waals surface area (Å²) in [5.41, 5.74) is 3.10. The molecule has 2 aliphatic rings. The molecule has 0 aromatic heterocycles. The number of aryl methyl sites for hydroxylation is 1. The molecule has 0 radical (unpaired) electrons. The second-order valence-corrected chi connectivity index (χ2v) is 10.7. The van der Waals surface area contributed by atoms with E-state index in [0.717, 1.165) is 42.9 Å². The second-order valence-electron chi connectivity index (χ2n) is 8.32. The van der Waals surface area contributed by atoms with Gasteiger partial charge in [-0.25, -0.2) is 13.7 Å². The summed E-state index contributed by atoms with van der Waals surface area (Å²) in [6, 6.07) is 16.0. The number of rotatable bonds is 9. The van der Waals surface area contributed by atoms with Gasteiger partial charge in [-0.1, -0.05) is 18.2 Å². The van der Waals surface area contributed by atoms with Gasteiger partial charge in [0.15, 0.2) is 0 Å². The highest BCUT2D eigenvalue weighted by Crippen LogP contribution is 2.61. The standard InChI is InChI=1S/C24H23FN3O5P/c1-17-14-21(7-8-22(17)19-3-5-20(25)6-4-19)33-24-15-18(2-9-23(24)28(29)30)16-32-34(31,26-10-11-26)27-12-13-27/h2-9,14-15H,10-13,16H2,1H3. The molecule has 2 saturated heterocycles. The average molecular weight is 483 g/mol. The molecule has 0 saturated carbocycles. The van der Waals surface area contributed by atoms with Crippen molar-refractivity contribution < 1.29 is 23.1 Å². The summed E-state index contributed by atoms with van der Waals surface area (Å²) in [7, 11) is -3.00. The van der Waals surface area contributed by atoms with E-state index in [1.54, 1.807) is 36.4 Å². The molecule has 0 amide bonds. The van der Waals surface area contributed by atoms with Crippen molar-refractivity contribution in [2.75, 3.05) is 26.2 Å². The number of benzene rings is 3. The lowest BCUT2D eigenvalue weighted by Crippen LogP contribution is -2.08. The maximum absolute atomic E-state index is 13.2. The smallest absolute Gasteiger partial charge is 0.346 e. The molecule has 10 heteroatoms. The molecule has 8 nitrogen and oxygen atoms in total. The van der Waals surface area contributed by atoms with Gasteiger partial charge in [-0.2, -0.15) is 0 Å². The zero-order chi connectivity index (χ0) is 23.9. The number of nitro benzene ring substituents is 1. The van der Waals surface area contributed by atoms with Crippen LogP contribution in [0.2, 0.25) is 0 Å². The molecular formula is C24H23FN3O5P. The van der Waals surface area contributed by atoms with Gasteiger partial charge >= 0.3 is 13.4 Å². The number of ether oxygens (including phenoxy) is 1. The number of hydrogen-bond acceptors (Lipinski definition) is 5. The summed E-state index contributed by atoms with van der Waals surface area (Å²) < 4.78 is 41.7. The van der Waals surface area contributed by atoms with Crippen LogP contribution in [-0.2, 0) is 15.7 Å². The van der Waals surface area contributed by atoms with Gasteiger partial charge in [-0.05, 0) is 65.6 Å². The first kappa shape index (κ1) is 22.7. The van der Waals surface area contributed by atoms with Crippen molar-refractivity contribution in [3.8, 4) is 22.6 Å². The Morgan fingerprint density at radius 3 is 2.26 bits per heavy atom. The minimum Gasteiger partial charge on any atom is -0.450 e. The Balaban J connectivity index is 1.37. The molecule has 2 aliphatic heterocycles. The zero-order valence-electron chi connectivity index (χ0n) is 18.5. The molecule has 0 spiro atoms. The first-order valence-electron chi connectivity index (χ1n) is 10.9. The van der Waals surface area contributed by atoms with Crippen LogP contribution in [0.1, 0.15) is 11.1 Å². The molecule has 34 heavy (non-hydrogen) atoms. The Morgan fingerprint density at radius 2 is 1.68 bits per heavy atom. The fourth-order valence-electron chi connectivity index (χ4n) is 3.76. The van der Waals surface area contributed by atoms with Crippen molar-refractivity contribution in [1.29, 1.82) is 0 Å². The van der Waals surface area contributed by atoms with Gasteiger partial charge < -0.3 is 9.26 Å². The van der Waals surface area contributed by atoms with E-state index in [1.807, 2.05) is 22.3 Å². The van der Waals surface area contributed by atoms with E-state index in [-0.39, 0.29) is 23.9 Å². The Hall–Kier alpha value is -3.10. The highest BCUT2D eigenvalue weighted by atomic mass is 31.2. The molecular weight excluding hydrogens is 460 g/mol. The Labute approximate surface area is 196 Å². The SMILES string of the molecule is Cc1cc(Oc2cc(COP(=O)(N3CC3)N3CC3)ccc2[N+](=O)[O-])ccc1-c1ccc(F)cc1. The van der Waals surface area contributed by atoms with E-state index in [0.29, 0.717) is 11.3 Å². The molecule has 3 aromatic carbocycles. The zero-order valence-corrected chi connectivity index (χ0v) is 19.4. The molecule has 2 fully saturated rings. The number of halogens is 1. The van der Waals surface area contributed by atoms with Crippen LogP contribution in [0.25, 0.3) is 11.1 Å². The van der Waals surface area contributed by atoms with Gasteiger partial charge in [0.2, 0.25) is 5.75 Å². The molecule has 0 unspecified atom stereocenters. The fourth-order valence-corrected chi connectivity index (χ4v) is 5.95. The van der Waals surface area contributed by atoms with Crippen molar-refractivity contribution >= 4 is 13.4 Å².